The lowest BCUT2D eigenvalue weighted by Crippen LogP contribution is -2.49. The number of aromatic nitrogens is 4. The standard InChI is InChI=1S/C22H31N7O2/c1-27-11-17(10-25-27)22(31)26-18-7-15-12-29(13-16(15)8-19(18)30)21-9-20(23-14-24-21)28-5-3-2-4-6-28/h9-11,14-16,18-19,30H,2-8,12-13H2,1H3,(H,26,31)/t15-,16+,18-,19-/m0/s1. The molecule has 0 bridgehead atoms. The lowest BCUT2D eigenvalue weighted by Gasteiger charge is -2.35. The summed E-state index contributed by atoms with van der Waals surface area (Å²) < 4.78 is 1.61. The van der Waals surface area contributed by atoms with Crippen LogP contribution in [-0.2, 0) is 7.05 Å². The van der Waals surface area contributed by atoms with E-state index in [0.29, 0.717) is 23.8 Å². The molecule has 1 amide bonds. The summed E-state index contributed by atoms with van der Waals surface area (Å²) >= 11 is 0. The van der Waals surface area contributed by atoms with E-state index in [9.17, 15) is 9.90 Å². The fourth-order valence-corrected chi connectivity index (χ4v) is 5.37. The molecular weight excluding hydrogens is 394 g/mol. The molecule has 9 heteroatoms. The number of fused-ring (bicyclic) bond motifs is 1. The van der Waals surface area contributed by atoms with E-state index in [1.807, 2.05) is 0 Å². The van der Waals surface area contributed by atoms with E-state index in [1.165, 1.54) is 19.3 Å². The third-order valence-electron chi connectivity index (χ3n) is 7.07. The second-order valence-corrected chi connectivity index (χ2v) is 9.23. The minimum absolute atomic E-state index is 0.174. The van der Waals surface area contributed by atoms with Crippen molar-refractivity contribution in [1.29, 1.82) is 0 Å². The summed E-state index contributed by atoms with van der Waals surface area (Å²) in [4.78, 5) is 26.3. The number of aliphatic hydroxyl groups is 1. The highest BCUT2D eigenvalue weighted by Gasteiger charge is 2.42. The molecule has 1 saturated carbocycles. The average Bonchev–Trinajstić information content (AvgIpc) is 3.41. The van der Waals surface area contributed by atoms with Gasteiger partial charge in [0.05, 0.1) is 23.9 Å². The topological polar surface area (TPSA) is 99.4 Å². The smallest absolute Gasteiger partial charge is 0.254 e. The molecule has 2 aromatic rings. The molecule has 2 aromatic heterocycles. The summed E-state index contributed by atoms with van der Waals surface area (Å²) in [5.41, 5.74) is 0.524. The monoisotopic (exact) mass is 425 g/mol. The largest absolute Gasteiger partial charge is 0.391 e. The van der Waals surface area contributed by atoms with Crippen molar-refractivity contribution in [3.63, 3.8) is 0 Å². The Morgan fingerprint density at radius 1 is 1.06 bits per heavy atom. The molecule has 4 atom stereocenters. The van der Waals surface area contributed by atoms with Gasteiger partial charge in [0, 0.05) is 45.5 Å². The van der Waals surface area contributed by atoms with Crippen LogP contribution in [0, 0.1) is 11.8 Å². The maximum absolute atomic E-state index is 12.5. The zero-order chi connectivity index (χ0) is 21.4. The number of hydrogen-bond donors (Lipinski definition) is 2. The average molecular weight is 426 g/mol. The van der Waals surface area contributed by atoms with Gasteiger partial charge in [-0.2, -0.15) is 5.10 Å². The van der Waals surface area contributed by atoms with Crippen molar-refractivity contribution in [3.05, 3.63) is 30.4 Å². The van der Waals surface area contributed by atoms with Crippen molar-refractivity contribution in [2.75, 3.05) is 36.0 Å². The van der Waals surface area contributed by atoms with Crippen molar-refractivity contribution in [1.82, 2.24) is 25.1 Å². The van der Waals surface area contributed by atoms with E-state index in [2.05, 4.69) is 36.2 Å². The molecule has 2 N–H and O–H groups in total. The van der Waals surface area contributed by atoms with Crippen LogP contribution in [0.5, 0.6) is 0 Å². The van der Waals surface area contributed by atoms with Crippen LogP contribution < -0.4 is 15.1 Å². The van der Waals surface area contributed by atoms with Crippen molar-refractivity contribution < 1.29 is 9.90 Å². The zero-order valence-electron chi connectivity index (χ0n) is 18.0. The van der Waals surface area contributed by atoms with E-state index in [0.717, 1.165) is 44.2 Å². The molecule has 2 saturated heterocycles. The molecule has 9 nitrogen and oxygen atoms in total. The molecular formula is C22H31N7O2. The predicted octanol–water partition coefficient (Wildman–Crippen LogP) is 1.21. The van der Waals surface area contributed by atoms with E-state index in [1.54, 1.807) is 30.5 Å². The third kappa shape index (κ3) is 4.23. The lowest BCUT2D eigenvalue weighted by atomic mass is 9.77. The fraction of sp³-hybridized carbons (Fsp3) is 0.636. The van der Waals surface area contributed by atoms with Gasteiger partial charge in [0.15, 0.2) is 0 Å². The minimum atomic E-state index is -0.531. The van der Waals surface area contributed by atoms with Gasteiger partial charge in [-0.05, 0) is 43.9 Å². The van der Waals surface area contributed by atoms with Gasteiger partial charge in [0.2, 0.25) is 0 Å². The summed E-state index contributed by atoms with van der Waals surface area (Å²) in [5, 5.41) is 17.8. The molecule has 4 heterocycles. The first-order valence-corrected chi connectivity index (χ1v) is 11.4. The Morgan fingerprint density at radius 2 is 1.77 bits per heavy atom. The number of nitrogens with one attached hydrogen (secondary N) is 1. The molecule has 166 valence electrons. The van der Waals surface area contributed by atoms with Gasteiger partial charge in [-0.25, -0.2) is 9.97 Å². The molecule has 0 radical (unpaired) electrons. The minimum Gasteiger partial charge on any atom is -0.391 e. The molecule has 5 rings (SSSR count). The van der Waals surface area contributed by atoms with Gasteiger partial charge in [0.25, 0.3) is 5.91 Å². The number of nitrogens with zero attached hydrogens (tertiary/aromatic N) is 6. The number of anilines is 2. The molecule has 2 aliphatic heterocycles. The Bertz CT molecular complexity index is 926. The van der Waals surface area contributed by atoms with Crippen LogP contribution in [0.2, 0.25) is 0 Å². The summed E-state index contributed by atoms with van der Waals surface area (Å²) in [6.45, 7) is 3.91. The number of hydrogen-bond acceptors (Lipinski definition) is 7. The van der Waals surface area contributed by atoms with Crippen LogP contribution in [0.15, 0.2) is 24.8 Å². The number of rotatable bonds is 4. The Balaban J connectivity index is 1.24. The SMILES string of the molecule is Cn1cc(C(=O)N[C@H]2C[C@H]3CN(c4cc(N5CCCCC5)ncn4)C[C@H]3C[C@@H]2O)cn1. The van der Waals surface area contributed by atoms with E-state index in [-0.39, 0.29) is 11.9 Å². The predicted molar refractivity (Wildman–Crippen MR) is 117 cm³/mol. The van der Waals surface area contributed by atoms with E-state index >= 15 is 0 Å². The van der Waals surface area contributed by atoms with Gasteiger partial charge in [-0.3, -0.25) is 9.48 Å². The van der Waals surface area contributed by atoms with Crippen molar-refractivity contribution >= 4 is 17.5 Å². The summed E-state index contributed by atoms with van der Waals surface area (Å²) in [6.07, 6.45) is 9.60. The molecule has 0 aromatic carbocycles. The lowest BCUT2D eigenvalue weighted by molar-refractivity contribution is 0.0462. The van der Waals surface area contributed by atoms with Crippen molar-refractivity contribution in [2.45, 2.75) is 44.2 Å². The van der Waals surface area contributed by atoms with E-state index < -0.39 is 6.10 Å². The highest BCUT2D eigenvalue weighted by atomic mass is 16.3. The van der Waals surface area contributed by atoms with Gasteiger partial charge < -0.3 is 20.2 Å². The van der Waals surface area contributed by atoms with Gasteiger partial charge >= 0.3 is 0 Å². The van der Waals surface area contributed by atoms with Crippen LogP contribution >= 0.6 is 0 Å². The highest BCUT2D eigenvalue weighted by Crippen LogP contribution is 2.38. The van der Waals surface area contributed by atoms with E-state index in [4.69, 9.17) is 0 Å². The fourth-order valence-electron chi connectivity index (χ4n) is 5.37. The Morgan fingerprint density at radius 3 is 2.48 bits per heavy atom. The zero-order valence-corrected chi connectivity index (χ0v) is 18.0. The molecule has 3 fully saturated rings. The number of amides is 1. The second-order valence-electron chi connectivity index (χ2n) is 9.23. The maximum atomic E-state index is 12.5. The van der Waals surface area contributed by atoms with Crippen molar-refractivity contribution in [2.24, 2.45) is 18.9 Å². The van der Waals surface area contributed by atoms with Crippen LogP contribution in [0.1, 0.15) is 42.5 Å². The first-order chi connectivity index (χ1) is 15.1. The number of aryl methyl sites for hydroxylation is 1. The molecule has 1 aliphatic carbocycles. The molecule has 0 unspecified atom stereocenters. The van der Waals surface area contributed by atoms with Crippen LogP contribution in [0.25, 0.3) is 0 Å². The number of aliphatic hydroxyl groups excluding tert-OH is 1. The summed E-state index contributed by atoms with van der Waals surface area (Å²) in [6, 6.07) is 1.88. The van der Waals surface area contributed by atoms with Gasteiger partial charge in [-0.15, -0.1) is 0 Å². The Hall–Kier alpha value is -2.68. The third-order valence-corrected chi connectivity index (χ3v) is 7.07. The van der Waals surface area contributed by atoms with Crippen molar-refractivity contribution in [3.8, 4) is 0 Å². The number of piperidine rings is 1. The van der Waals surface area contributed by atoms with Gasteiger partial charge in [-0.1, -0.05) is 0 Å². The van der Waals surface area contributed by atoms with Crippen LogP contribution in [0.3, 0.4) is 0 Å². The van der Waals surface area contributed by atoms with Crippen LogP contribution in [-0.4, -0.2) is 69.1 Å². The first kappa shape index (κ1) is 20.2. The molecule has 31 heavy (non-hydrogen) atoms. The molecule has 0 spiro atoms. The first-order valence-electron chi connectivity index (χ1n) is 11.4. The normalized spacial score (nSPS) is 28.5. The quantitative estimate of drug-likeness (QED) is 0.759. The van der Waals surface area contributed by atoms with Crippen LogP contribution in [0.4, 0.5) is 11.6 Å². The maximum Gasteiger partial charge on any atom is 0.254 e. The molecule has 3 aliphatic rings. The van der Waals surface area contributed by atoms with Gasteiger partial charge in [0.1, 0.15) is 18.0 Å². The number of carbonyl (C=O) groups is 1. The number of carbonyl (C=O) groups excluding carboxylic acids is 1. The highest BCUT2D eigenvalue weighted by molar-refractivity contribution is 5.93. The summed E-state index contributed by atoms with van der Waals surface area (Å²) in [7, 11) is 1.79. The Kier molecular flexibility index (Phi) is 5.52. The Labute approximate surface area is 182 Å². The second kappa shape index (κ2) is 8.45. The summed E-state index contributed by atoms with van der Waals surface area (Å²) in [5.74, 6) is 2.65.